The summed E-state index contributed by atoms with van der Waals surface area (Å²) in [7, 11) is 1.71. The molecule has 3 aliphatic heterocycles. The molecule has 2 aromatic rings. The largest absolute Gasteiger partial charge is 0.494 e. The van der Waals surface area contributed by atoms with Gasteiger partial charge < -0.3 is 24.8 Å². The SMILES string of the molecule is COc1cc(NC2N=C(N3CCCCC3)C3=C(CC4(CCC4)S3)N2)ccc1-n1cnc(C)c1. The van der Waals surface area contributed by atoms with Crippen LogP contribution >= 0.6 is 11.8 Å². The molecule has 0 bridgehead atoms. The van der Waals surface area contributed by atoms with Gasteiger partial charge in [0, 0.05) is 47.9 Å². The molecule has 8 heteroatoms. The zero-order valence-electron chi connectivity index (χ0n) is 19.4. The number of nitrogens with zero attached hydrogens (tertiary/aromatic N) is 4. The lowest BCUT2D eigenvalue weighted by Crippen LogP contribution is -2.44. The maximum absolute atomic E-state index is 5.71. The summed E-state index contributed by atoms with van der Waals surface area (Å²) < 4.78 is 8.12. The van der Waals surface area contributed by atoms with E-state index in [1.54, 1.807) is 7.11 Å². The third-order valence-corrected chi connectivity index (χ3v) is 8.87. The average Bonchev–Trinajstić information content (AvgIpc) is 3.43. The Bertz CT molecular complexity index is 1110. The van der Waals surface area contributed by atoms with Crippen LogP contribution in [0.15, 0.2) is 46.3 Å². The molecule has 1 aromatic carbocycles. The number of piperidine rings is 1. The van der Waals surface area contributed by atoms with Crippen molar-refractivity contribution in [3.63, 3.8) is 0 Å². The minimum atomic E-state index is -0.178. The minimum absolute atomic E-state index is 0.178. The standard InChI is InChI=1S/C25H32N6OS/c1-17-15-31(16-26-17)20-8-7-18(13-21(20)32-2)27-24-28-19-14-25(9-6-10-25)33-22(19)23(29-24)30-11-4-3-5-12-30/h7-8,13,15-16,24,27-28H,3-6,9-12,14H2,1-2H3. The fourth-order valence-electron chi connectivity index (χ4n) is 5.33. The van der Waals surface area contributed by atoms with Crippen molar-refractivity contribution in [1.82, 2.24) is 19.8 Å². The number of allylic oxidation sites excluding steroid dienone is 1. The molecule has 33 heavy (non-hydrogen) atoms. The highest BCUT2D eigenvalue weighted by Crippen LogP contribution is 2.57. The van der Waals surface area contributed by atoms with Gasteiger partial charge in [0.1, 0.15) is 11.6 Å². The van der Waals surface area contributed by atoms with E-state index in [2.05, 4.69) is 44.4 Å². The van der Waals surface area contributed by atoms with Crippen LogP contribution in [0.2, 0.25) is 0 Å². The van der Waals surface area contributed by atoms with Gasteiger partial charge in [-0.05, 0) is 51.2 Å². The van der Waals surface area contributed by atoms with E-state index in [1.165, 1.54) is 55.0 Å². The van der Waals surface area contributed by atoms with E-state index in [0.29, 0.717) is 4.75 Å². The highest BCUT2D eigenvalue weighted by molar-refractivity contribution is 8.05. The zero-order chi connectivity index (χ0) is 22.4. The van der Waals surface area contributed by atoms with Gasteiger partial charge in [0.15, 0.2) is 6.29 Å². The van der Waals surface area contributed by atoms with Crippen molar-refractivity contribution < 1.29 is 4.74 Å². The second kappa shape index (κ2) is 8.31. The maximum atomic E-state index is 5.71. The van der Waals surface area contributed by atoms with E-state index >= 15 is 0 Å². The van der Waals surface area contributed by atoms with E-state index in [4.69, 9.17) is 9.73 Å². The van der Waals surface area contributed by atoms with E-state index in [-0.39, 0.29) is 6.29 Å². The number of aliphatic imine (C=N–C) groups is 1. The monoisotopic (exact) mass is 464 g/mol. The van der Waals surface area contributed by atoms with Gasteiger partial charge in [0.2, 0.25) is 0 Å². The normalized spacial score (nSPS) is 23.6. The molecule has 1 atom stereocenters. The molecule has 7 nitrogen and oxygen atoms in total. The van der Waals surface area contributed by atoms with Gasteiger partial charge in [-0.25, -0.2) is 9.98 Å². The lowest BCUT2D eigenvalue weighted by molar-refractivity contribution is 0.338. The number of amidine groups is 1. The number of benzene rings is 1. The van der Waals surface area contributed by atoms with Gasteiger partial charge >= 0.3 is 0 Å². The molecular formula is C25H32N6OS. The maximum Gasteiger partial charge on any atom is 0.196 e. The second-order valence-corrected chi connectivity index (χ2v) is 11.1. The van der Waals surface area contributed by atoms with Gasteiger partial charge in [-0.1, -0.05) is 6.42 Å². The molecule has 2 fully saturated rings. The van der Waals surface area contributed by atoms with Gasteiger partial charge in [-0.2, -0.15) is 0 Å². The molecule has 1 unspecified atom stereocenters. The highest BCUT2D eigenvalue weighted by atomic mass is 32.2. The Morgan fingerprint density at radius 3 is 2.73 bits per heavy atom. The van der Waals surface area contributed by atoms with Crippen LogP contribution in [-0.4, -0.2) is 51.5 Å². The number of thioether (sulfide) groups is 1. The van der Waals surface area contributed by atoms with Crippen LogP contribution in [0.25, 0.3) is 5.69 Å². The predicted octanol–water partition coefficient (Wildman–Crippen LogP) is 4.64. The number of aryl methyl sites for hydroxylation is 1. The summed E-state index contributed by atoms with van der Waals surface area (Å²) in [5, 5.41) is 7.33. The van der Waals surface area contributed by atoms with Crippen LogP contribution in [0.4, 0.5) is 5.69 Å². The zero-order valence-corrected chi connectivity index (χ0v) is 20.2. The lowest BCUT2D eigenvalue weighted by atomic mass is 9.81. The molecule has 4 aliphatic rings. The van der Waals surface area contributed by atoms with Crippen LogP contribution in [0.3, 0.4) is 0 Å². The summed E-state index contributed by atoms with van der Waals surface area (Å²) >= 11 is 2.09. The Balaban J connectivity index is 1.26. The molecule has 2 N–H and O–H groups in total. The Kier molecular flexibility index (Phi) is 5.28. The van der Waals surface area contributed by atoms with Crippen LogP contribution in [0.1, 0.15) is 50.6 Å². The Hall–Kier alpha value is -2.61. The Labute approximate surface area is 199 Å². The number of imidazole rings is 1. The minimum Gasteiger partial charge on any atom is -0.494 e. The molecule has 1 saturated heterocycles. The van der Waals surface area contributed by atoms with Gasteiger partial charge in [-0.3, -0.25) is 0 Å². The van der Waals surface area contributed by atoms with E-state index in [1.807, 2.05) is 30.1 Å². The summed E-state index contributed by atoms with van der Waals surface area (Å²) in [5.74, 6) is 2.00. The topological polar surface area (TPSA) is 66.7 Å². The van der Waals surface area contributed by atoms with Gasteiger partial charge in [0.05, 0.1) is 29.7 Å². The fourth-order valence-corrected chi connectivity index (χ4v) is 7.00. The third-order valence-electron chi connectivity index (χ3n) is 7.25. The Morgan fingerprint density at radius 2 is 2.03 bits per heavy atom. The Morgan fingerprint density at radius 1 is 1.18 bits per heavy atom. The molecule has 0 amide bonds. The van der Waals surface area contributed by atoms with Gasteiger partial charge in [-0.15, -0.1) is 11.8 Å². The molecule has 1 aliphatic carbocycles. The number of rotatable bonds is 4. The molecule has 1 spiro atoms. The van der Waals surface area contributed by atoms with Crippen molar-refractivity contribution in [2.45, 2.75) is 62.9 Å². The summed E-state index contributed by atoms with van der Waals surface area (Å²) in [6.45, 7) is 4.22. The van der Waals surface area contributed by atoms with Crippen LogP contribution in [0, 0.1) is 6.92 Å². The van der Waals surface area contributed by atoms with Crippen LogP contribution in [-0.2, 0) is 0 Å². The summed E-state index contributed by atoms with van der Waals surface area (Å²) in [6, 6.07) is 6.20. The fraction of sp³-hybridized carbons (Fsp3) is 0.520. The number of aromatic nitrogens is 2. The number of nitrogens with one attached hydrogen (secondary N) is 2. The van der Waals surface area contributed by atoms with Crippen molar-refractivity contribution in [2.24, 2.45) is 4.99 Å². The van der Waals surface area contributed by atoms with Crippen molar-refractivity contribution in [3.8, 4) is 11.4 Å². The first-order valence-electron chi connectivity index (χ1n) is 12.1. The smallest absolute Gasteiger partial charge is 0.196 e. The number of likely N-dealkylation sites (tertiary alicyclic amines) is 1. The molecule has 1 aromatic heterocycles. The lowest BCUT2D eigenvalue weighted by Gasteiger charge is -2.38. The summed E-state index contributed by atoms with van der Waals surface area (Å²) in [6.07, 6.45) is 12.6. The molecule has 174 valence electrons. The first-order valence-corrected chi connectivity index (χ1v) is 12.9. The first kappa shape index (κ1) is 21.0. The average molecular weight is 465 g/mol. The second-order valence-electron chi connectivity index (χ2n) is 9.62. The number of methoxy groups -OCH3 is 1. The van der Waals surface area contributed by atoms with Crippen LogP contribution < -0.4 is 15.4 Å². The molecular weight excluding hydrogens is 432 g/mol. The quantitative estimate of drug-likeness (QED) is 0.687. The summed E-state index contributed by atoms with van der Waals surface area (Å²) in [5.41, 5.74) is 4.32. The highest BCUT2D eigenvalue weighted by Gasteiger charge is 2.47. The predicted molar refractivity (Wildman–Crippen MR) is 134 cm³/mol. The van der Waals surface area contributed by atoms with Crippen molar-refractivity contribution in [2.75, 3.05) is 25.5 Å². The number of anilines is 1. The number of ether oxygens (including phenoxy) is 1. The van der Waals surface area contributed by atoms with Gasteiger partial charge in [0.25, 0.3) is 0 Å². The summed E-state index contributed by atoms with van der Waals surface area (Å²) in [4.78, 5) is 13.5. The molecule has 1 saturated carbocycles. The molecule has 0 radical (unpaired) electrons. The number of hydrogen-bond donors (Lipinski definition) is 2. The van der Waals surface area contributed by atoms with Crippen molar-refractivity contribution in [1.29, 1.82) is 0 Å². The van der Waals surface area contributed by atoms with E-state index < -0.39 is 0 Å². The first-order chi connectivity index (χ1) is 16.1. The van der Waals surface area contributed by atoms with E-state index in [0.717, 1.165) is 42.3 Å². The molecule has 6 rings (SSSR count). The van der Waals surface area contributed by atoms with Crippen molar-refractivity contribution >= 4 is 23.3 Å². The van der Waals surface area contributed by atoms with Crippen molar-refractivity contribution in [3.05, 3.63) is 47.0 Å². The number of hydrogen-bond acceptors (Lipinski definition) is 7. The van der Waals surface area contributed by atoms with Crippen LogP contribution in [0.5, 0.6) is 5.75 Å². The molecule has 4 heterocycles. The van der Waals surface area contributed by atoms with E-state index in [9.17, 15) is 0 Å². The third kappa shape index (κ3) is 3.88.